The number of halogens is 4. The molecule has 2 nitrogen and oxygen atoms in total. The van der Waals surface area contributed by atoms with E-state index in [9.17, 15) is 0 Å². The summed E-state index contributed by atoms with van der Waals surface area (Å²) >= 11 is 0. The number of H-pyrrole nitrogens is 1. The Labute approximate surface area is 84.3 Å². The molecule has 1 heterocycles. The van der Waals surface area contributed by atoms with E-state index in [-0.39, 0.29) is 0 Å². The fourth-order valence-corrected chi connectivity index (χ4v) is 0.344. The van der Waals surface area contributed by atoms with Crippen LogP contribution in [0.2, 0.25) is 0 Å². The second kappa shape index (κ2) is 5.52. The first-order valence-corrected chi connectivity index (χ1v) is 8.47. The summed E-state index contributed by atoms with van der Waals surface area (Å²) in [5, 5.41) is 0. The number of nitrogens with zero attached hydrogens (tertiary/aromatic N) is 1. The van der Waals surface area contributed by atoms with Gasteiger partial charge < -0.3 is 4.98 Å². The Morgan fingerprint density at radius 2 is 1.82 bits per heavy atom. The topological polar surface area (TPSA) is 28.7 Å². The molecule has 0 amide bonds. The molecule has 0 unspecified atom stereocenters. The number of imidazole rings is 1. The Kier molecular flexibility index (Phi) is 5.97. The van der Waals surface area contributed by atoms with E-state index in [2.05, 4.69) is 9.97 Å². The summed E-state index contributed by atoms with van der Waals surface area (Å²) in [5.74, 6) is 0.968. The summed E-state index contributed by atoms with van der Waals surface area (Å²) in [7, 11) is 17.2. The molecule has 1 N–H and O–H groups in total. The van der Waals surface area contributed by atoms with E-state index in [1.807, 2.05) is 6.92 Å². The van der Waals surface area contributed by atoms with Crippen LogP contribution < -0.4 is 0 Å². The van der Waals surface area contributed by atoms with Gasteiger partial charge in [0.25, 0.3) is 0 Å². The molecule has 0 spiro atoms. The van der Waals surface area contributed by atoms with Crippen molar-refractivity contribution in [2.45, 2.75) is 6.92 Å². The zero-order valence-electron chi connectivity index (χ0n) is 5.47. The number of aryl methyl sites for hydroxylation is 1. The Hall–Kier alpha value is 0.889. The van der Waals surface area contributed by atoms with Crippen LogP contribution >= 0.6 is 40.4 Å². The van der Waals surface area contributed by atoms with Crippen LogP contribution in [0.1, 0.15) is 5.82 Å². The number of rotatable bonds is 0. The predicted molar refractivity (Wildman–Crippen MR) is 46.7 cm³/mol. The quantitative estimate of drug-likeness (QED) is 0.724. The van der Waals surface area contributed by atoms with Gasteiger partial charge in [0.2, 0.25) is 0 Å². The van der Waals surface area contributed by atoms with Gasteiger partial charge in [0.15, 0.2) is 0 Å². The Bertz CT molecular complexity index is 176. The molecule has 1 aromatic rings. The van der Waals surface area contributed by atoms with Crippen LogP contribution in [-0.4, -0.2) is 9.97 Å². The third-order valence-electron chi connectivity index (χ3n) is 0.635. The van der Waals surface area contributed by atoms with Crippen molar-refractivity contribution >= 4 is 40.4 Å². The third-order valence-corrected chi connectivity index (χ3v) is 0.635. The molecule has 1 rings (SSSR count). The van der Waals surface area contributed by atoms with Crippen LogP contribution in [0, 0.1) is 6.92 Å². The van der Waals surface area contributed by atoms with Gasteiger partial charge in [-0.1, -0.05) is 0 Å². The van der Waals surface area contributed by atoms with Crippen molar-refractivity contribution in [3.8, 4) is 0 Å². The van der Waals surface area contributed by atoms with Gasteiger partial charge in [-0.05, 0) is 6.92 Å². The molecular formula is C4H6Cl4FeN2. The number of nitrogens with one attached hydrogen (secondary N) is 1. The van der Waals surface area contributed by atoms with Crippen LogP contribution in [-0.2, 0) is 9.20 Å². The zero-order chi connectivity index (χ0) is 8.91. The van der Waals surface area contributed by atoms with Gasteiger partial charge in [0.05, 0.1) is 0 Å². The number of aromatic amines is 1. The van der Waals surface area contributed by atoms with E-state index in [1.165, 1.54) is 0 Å². The average Bonchev–Trinajstić information content (AvgIpc) is 2.12. The van der Waals surface area contributed by atoms with Crippen LogP contribution in [0.4, 0.5) is 0 Å². The van der Waals surface area contributed by atoms with Crippen molar-refractivity contribution in [2.75, 3.05) is 0 Å². The molecular weight excluding hydrogens is 274 g/mol. The molecule has 0 saturated heterocycles. The first-order chi connectivity index (χ1) is 4.89. The normalized spacial score (nSPS) is 11.7. The molecule has 0 aliphatic heterocycles. The first kappa shape index (κ1) is 11.9. The van der Waals surface area contributed by atoms with Crippen molar-refractivity contribution in [3.05, 3.63) is 18.2 Å². The molecule has 0 bridgehead atoms. The van der Waals surface area contributed by atoms with Crippen molar-refractivity contribution in [1.82, 2.24) is 9.97 Å². The number of hydrogen-bond donors (Lipinski definition) is 1. The molecule has 1 aromatic heterocycles. The summed E-state index contributed by atoms with van der Waals surface area (Å²) in [5.41, 5.74) is 0. The van der Waals surface area contributed by atoms with Gasteiger partial charge in [0.1, 0.15) is 5.82 Å². The van der Waals surface area contributed by atoms with E-state index in [0.29, 0.717) is 0 Å². The van der Waals surface area contributed by atoms with E-state index < -0.39 is 9.20 Å². The van der Waals surface area contributed by atoms with Crippen molar-refractivity contribution in [2.24, 2.45) is 0 Å². The summed E-state index contributed by atoms with van der Waals surface area (Å²) in [6.45, 7) is 1.92. The Morgan fingerprint density at radius 1 is 1.36 bits per heavy atom. The second-order valence-electron chi connectivity index (χ2n) is 1.48. The monoisotopic (exact) mass is 278 g/mol. The molecule has 0 aliphatic rings. The fraction of sp³-hybridized carbons (Fsp3) is 0.250. The molecule has 0 radical (unpaired) electrons. The second-order valence-corrected chi connectivity index (χ2v) is 12.4. The molecule has 0 saturated carbocycles. The summed E-state index contributed by atoms with van der Waals surface area (Å²) in [6, 6.07) is 0. The van der Waals surface area contributed by atoms with Gasteiger partial charge in [-0.15, -0.1) is 0 Å². The van der Waals surface area contributed by atoms with Crippen molar-refractivity contribution in [3.63, 3.8) is 0 Å². The van der Waals surface area contributed by atoms with E-state index in [0.717, 1.165) is 5.82 Å². The van der Waals surface area contributed by atoms with E-state index in [4.69, 9.17) is 40.4 Å². The Morgan fingerprint density at radius 3 is 1.91 bits per heavy atom. The molecule has 0 aromatic carbocycles. The van der Waals surface area contributed by atoms with Gasteiger partial charge >= 0.3 is 49.6 Å². The van der Waals surface area contributed by atoms with Crippen LogP contribution in [0.3, 0.4) is 0 Å². The summed E-state index contributed by atoms with van der Waals surface area (Å²) < 4.78 is 0. The zero-order valence-corrected chi connectivity index (χ0v) is 9.60. The van der Waals surface area contributed by atoms with Gasteiger partial charge in [-0.25, -0.2) is 4.98 Å². The predicted octanol–water partition coefficient (Wildman–Crippen LogP) is 3.47. The van der Waals surface area contributed by atoms with Gasteiger partial charge in [-0.2, -0.15) is 0 Å². The Balaban J connectivity index is 0.000000187. The standard InChI is InChI=1S/C4H6N2.4ClH.Fe/c1-4-5-2-3-6-4;;;;;/h2-3H,1H3,(H,5,6);4*1H;/q;;;;;+4/p-4. The molecule has 7 heteroatoms. The molecule has 0 atom stereocenters. The van der Waals surface area contributed by atoms with Gasteiger partial charge in [0, 0.05) is 12.4 Å². The van der Waals surface area contributed by atoms with Gasteiger partial charge in [-0.3, -0.25) is 0 Å². The van der Waals surface area contributed by atoms with Crippen molar-refractivity contribution in [1.29, 1.82) is 0 Å². The maximum absolute atomic E-state index is 4.95. The van der Waals surface area contributed by atoms with Crippen molar-refractivity contribution < 1.29 is 9.20 Å². The maximum atomic E-state index is 4.95. The molecule has 68 valence electrons. The molecule has 0 fully saturated rings. The van der Waals surface area contributed by atoms with E-state index >= 15 is 0 Å². The van der Waals surface area contributed by atoms with Crippen LogP contribution in [0.25, 0.3) is 0 Å². The molecule has 0 aliphatic carbocycles. The summed E-state index contributed by atoms with van der Waals surface area (Å²) in [6.07, 6.45) is 3.53. The third kappa shape index (κ3) is 13.8. The fourth-order valence-electron chi connectivity index (χ4n) is 0.344. The molecule has 11 heavy (non-hydrogen) atoms. The SMILES string of the molecule is Cc1ncc[nH]1.[Cl][Fe]([Cl])([Cl])[Cl]. The van der Waals surface area contributed by atoms with Crippen LogP contribution in [0.15, 0.2) is 12.4 Å². The minimum atomic E-state index is -2.61. The van der Waals surface area contributed by atoms with E-state index in [1.54, 1.807) is 12.4 Å². The number of hydrogen-bond acceptors (Lipinski definition) is 1. The number of aromatic nitrogens is 2. The summed E-state index contributed by atoms with van der Waals surface area (Å²) in [4.78, 5) is 6.75. The minimum absolute atomic E-state index is 0.968. The first-order valence-electron chi connectivity index (χ1n) is 2.39. The average molecular weight is 280 g/mol. The van der Waals surface area contributed by atoms with Crippen LogP contribution in [0.5, 0.6) is 0 Å².